The fraction of sp³-hybridized carbons (Fsp3) is 0.0909. The maximum Gasteiger partial charge on any atom is 0 e. The van der Waals surface area contributed by atoms with Crippen LogP contribution in [0.1, 0.15) is 22.3 Å². The zero-order chi connectivity index (χ0) is 15.4. The predicted molar refractivity (Wildman–Crippen MR) is 93.4 cm³/mol. The molecule has 0 fully saturated rings. The van der Waals surface area contributed by atoms with Gasteiger partial charge in [0.25, 0.3) is 0 Å². The van der Waals surface area contributed by atoms with E-state index in [-0.39, 0.29) is 32.7 Å². The van der Waals surface area contributed by atoms with E-state index >= 15 is 0 Å². The molecular formula is C22H18Y-2. The van der Waals surface area contributed by atoms with Crippen LogP contribution >= 0.6 is 0 Å². The minimum Gasteiger partial charge on any atom is -0.224 e. The van der Waals surface area contributed by atoms with E-state index in [0.717, 1.165) is 11.1 Å². The van der Waals surface area contributed by atoms with Gasteiger partial charge in [-0.05, 0) is 13.8 Å². The monoisotopic (exact) mass is 371 g/mol. The zero-order valence-corrected chi connectivity index (χ0v) is 16.3. The Kier molecular flexibility index (Phi) is 6.51. The van der Waals surface area contributed by atoms with Crippen molar-refractivity contribution in [2.24, 2.45) is 0 Å². The van der Waals surface area contributed by atoms with Crippen molar-refractivity contribution in [3.05, 3.63) is 101 Å². The summed E-state index contributed by atoms with van der Waals surface area (Å²) in [6.07, 6.45) is 5.27. The van der Waals surface area contributed by atoms with Gasteiger partial charge in [-0.25, -0.2) is 11.6 Å². The van der Waals surface area contributed by atoms with Crippen molar-refractivity contribution in [1.29, 1.82) is 0 Å². The molecule has 0 spiro atoms. The Bertz CT molecular complexity index is 764. The third kappa shape index (κ3) is 4.99. The van der Waals surface area contributed by atoms with Crippen LogP contribution in [0.4, 0.5) is 0 Å². The maximum atomic E-state index is 3.31. The normalized spacial score (nSPS) is 10.5. The van der Waals surface area contributed by atoms with Crippen molar-refractivity contribution in [3.63, 3.8) is 0 Å². The fourth-order valence-electron chi connectivity index (χ4n) is 2.26. The van der Waals surface area contributed by atoms with Crippen molar-refractivity contribution >= 4 is 6.08 Å². The summed E-state index contributed by atoms with van der Waals surface area (Å²) in [6, 6.07) is 26.5. The molecule has 1 radical (unpaired) electrons. The van der Waals surface area contributed by atoms with E-state index in [1.165, 1.54) is 22.3 Å². The van der Waals surface area contributed by atoms with Crippen LogP contribution in [-0.2, 0) is 32.7 Å². The van der Waals surface area contributed by atoms with E-state index in [0.29, 0.717) is 0 Å². The first-order valence-corrected chi connectivity index (χ1v) is 7.46. The molecule has 0 aliphatic carbocycles. The van der Waals surface area contributed by atoms with Gasteiger partial charge in [0.05, 0.1) is 0 Å². The van der Waals surface area contributed by atoms with Crippen LogP contribution in [0.5, 0.6) is 0 Å². The molecular weight excluding hydrogens is 353 g/mol. The smallest absolute Gasteiger partial charge is 0 e. The molecule has 23 heavy (non-hydrogen) atoms. The molecule has 111 valence electrons. The Morgan fingerprint density at radius 3 is 1.87 bits per heavy atom. The van der Waals surface area contributed by atoms with Gasteiger partial charge in [-0.2, -0.15) is 23.8 Å². The first-order chi connectivity index (χ1) is 10.7. The SMILES string of the molecule is Cc1ccc([C-]=Cc2[c-]cc(-c3ccc(C)cc3)cc2)cc1.[Y]. The minimum absolute atomic E-state index is 0. The Balaban J connectivity index is 0.00000192. The Morgan fingerprint density at radius 1 is 0.739 bits per heavy atom. The molecule has 0 saturated heterocycles. The minimum atomic E-state index is 0. The molecule has 0 aliphatic heterocycles. The summed E-state index contributed by atoms with van der Waals surface area (Å²) < 4.78 is 0. The molecule has 0 heterocycles. The average molecular weight is 371 g/mol. The van der Waals surface area contributed by atoms with Gasteiger partial charge in [0.1, 0.15) is 0 Å². The molecule has 0 atom stereocenters. The molecule has 3 rings (SSSR count). The molecule has 0 aromatic heterocycles. The first kappa shape index (κ1) is 17.9. The molecule has 0 aliphatic rings. The summed E-state index contributed by atoms with van der Waals surface area (Å²) in [4.78, 5) is 0. The summed E-state index contributed by atoms with van der Waals surface area (Å²) in [7, 11) is 0. The van der Waals surface area contributed by atoms with Crippen molar-refractivity contribution in [1.82, 2.24) is 0 Å². The molecule has 0 bridgehead atoms. The summed E-state index contributed by atoms with van der Waals surface area (Å²) in [5.41, 5.74) is 7.07. The van der Waals surface area contributed by atoms with E-state index in [1.807, 2.05) is 12.1 Å². The molecule has 0 saturated carbocycles. The largest absolute Gasteiger partial charge is 0.224 e. The third-order valence-corrected chi connectivity index (χ3v) is 3.67. The van der Waals surface area contributed by atoms with Gasteiger partial charge in [-0.15, -0.1) is 42.0 Å². The van der Waals surface area contributed by atoms with Gasteiger partial charge >= 0.3 is 0 Å². The second-order valence-corrected chi connectivity index (χ2v) is 5.55. The predicted octanol–water partition coefficient (Wildman–Crippen LogP) is 5.63. The molecule has 3 aromatic rings. The summed E-state index contributed by atoms with van der Waals surface area (Å²) in [6.45, 7) is 4.19. The number of benzene rings is 3. The second kappa shape index (κ2) is 8.38. The number of aryl methyl sites for hydroxylation is 2. The van der Waals surface area contributed by atoms with Crippen LogP contribution in [0.25, 0.3) is 17.2 Å². The van der Waals surface area contributed by atoms with Gasteiger partial charge in [-0.1, -0.05) is 41.0 Å². The van der Waals surface area contributed by atoms with Crippen LogP contribution in [0.2, 0.25) is 0 Å². The number of hydrogen-bond donors (Lipinski definition) is 0. The van der Waals surface area contributed by atoms with E-state index in [9.17, 15) is 0 Å². The Labute approximate surface area is 164 Å². The molecule has 1 heteroatoms. The number of rotatable bonds is 3. The summed E-state index contributed by atoms with van der Waals surface area (Å²) >= 11 is 0. The zero-order valence-electron chi connectivity index (χ0n) is 13.5. The van der Waals surface area contributed by atoms with Crippen LogP contribution < -0.4 is 0 Å². The fourth-order valence-corrected chi connectivity index (χ4v) is 2.26. The summed E-state index contributed by atoms with van der Waals surface area (Å²) in [5, 5.41) is 0. The first-order valence-electron chi connectivity index (χ1n) is 7.46. The maximum absolute atomic E-state index is 3.31. The van der Waals surface area contributed by atoms with Gasteiger partial charge in [0.15, 0.2) is 0 Å². The average Bonchev–Trinajstić information content (AvgIpc) is 2.56. The van der Waals surface area contributed by atoms with E-state index in [2.05, 4.69) is 86.7 Å². The van der Waals surface area contributed by atoms with E-state index in [4.69, 9.17) is 0 Å². The van der Waals surface area contributed by atoms with Gasteiger partial charge < -0.3 is 0 Å². The standard InChI is InChI=1S/C22H18.Y/c1-17-3-7-19(8-4-17)9-10-20-11-15-22(16-12-20)21-13-5-18(2)6-14-21;/h3-8,10-11,13-16H,1-2H3;/q-2;. The molecule has 0 N–H and O–H groups in total. The second-order valence-electron chi connectivity index (χ2n) is 5.55. The summed E-state index contributed by atoms with van der Waals surface area (Å²) in [5.74, 6) is 0. The molecule has 0 amide bonds. The van der Waals surface area contributed by atoms with Gasteiger partial charge in [-0.3, -0.25) is 0 Å². The van der Waals surface area contributed by atoms with Crippen LogP contribution in [0.15, 0.2) is 66.7 Å². The third-order valence-electron chi connectivity index (χ3n) is 3.67. The van der Waals surface area contributed by atoms with Crippen molar-refractivity contribution < 1.29 is 32.7 Å². The molecule has 3 aromatic carbocycles. The van der Waals surface area contributed by atoms with Gasteiger partial charge in [0.2, 0.25) is 0 Å². The van der Waals surface area contributed by atoms with Crippen LogP contribution in [0.3, 0.4) is 0 Å². The Morgan fingerprint density at radius 2 is 1.30 bits per heavy atom. The van der Waals surface area contributed by atoms with Crippen molar-refractivity contribution in [2.45, 2.75) is 13.8 Å². The van der Waals surface area contributed by atoms with E-state index < -0.39 is 0 Å². The van der Waals surface area contributed by atoms with Crippen molar-refractivity contribution in [3.8, 4) is 11.1 Å². The quantitative estimate of drug-likeness (QED) is 0.413. The van der Waals surface area contributed by atoms with Gasteiger partial charge in [0, 0.05) is 32.7 Å². The van der Waals surface area contributed by atoms with Crippen LogP contribution in [-0.4, -0.2) is 0 Å². The van der Waals surface area contributed by atoms with E-state index in [1.54, 1.807) is 0 Å². The number of hydrogen-bond acceptors (Lipinski definition) is 0. The molecule has 0 unspecified atom stereocenters. The Hall–Kier alpha value is -1.50. The van der Waals surface area contributed by atoms with Crippen molar-refractivity contribution in [2.75, 3.05) is 0 Å². The molecule has 0 nitrogen and oxygen atoms in total. The van der Waals surface area contributed by atoms with Crippen LogP contribution in [0, 0.1) is 26.0 Å². The topological polar surface area (TPSA) is 0 Å².